The maximum Gasteiger partial charge on any atom is 0.175 e. The molecule has 0 aliphatic carbocycles. The lowest BCUT2D eigenvalue weighted by molar-refractivity contribution is 0.282. The number of rotatable bonds is 6. The van der Waals surface area contributed by atoms with E-state index in [0.717, 1.165) is 21.3 Å². The monoisotopic (exact) mass is 429 g/mol. The summed E-state index contributed by atoms with van der Waals surface area (Å²) in [6, 6.07) is 21.2. The highest BCUT2D eigenvalue weighted by molar-refractivity contribution is 9.10. The minimum Gasteiger partial charge on any atom is -0.493 e. The molecule has 0 saturated heterocycles. The molecule has 0 spiro atoms. The predicted molar refractivity (Wildman–Crippen MR) is 110 cm³/mol. The fraction of sp³-hybridized carbons (Fsp3) is 0.0952. The second-order valence-corrected chi connectivity index (χ2v) is 6.84. The van der Waals surface area contributed by atoms with Crippen molar-refractivity contribution in [3.63, 3.8) is 0 Å². The number of para-hydroxylation sites is 1. The molecule has 3 rings (SSSR count). The molecule has 0 fully saturated rings. The van der Waals surface area contributed by atoms with Gasteiger partial charge in [-0.3, -0.25) is 4.99 Å². The number of nitrogens with zero attached hydrogens (tertiary/aromatic N) is 1. The van der Waals surface area contributed by atoms with Gasteiger partial charge in [0.05, 0.1) is 17.3 Å². The minimum atomic E-state index is 0.396. The van der Waals surface area contributed by atoms with E-state index < -0.39 is 0 Å². The maximum absolute atomic E-state index is 6.02. The highest BCUT2D eigenvalue weighted by atomic mass is 79.9. The molecule has 132 valence electrons. The molecule has 0 amide bonds. The Bertz CT molecular complexity index is 913. The second-order valence-electron chi connectivity index (χ2n) is 5.55. The van der Waals surface area contributed by atoms with E-state index in [1.807, 2.05) is 66.7 Å². The first-order valence-corrected chi connectivity index (χ1v) is 9.16. The van der Waals surface area contributed by atoms with E-state index in [1.165, 1.54) is 0 Å². The number of hydrogen-bond acceptors (Lipinski definition) is 3. The zero-order chi connectivity index (χ0) is 18.4. The molecule has 0 aromatic heterocycles. The van der Waals surface area contributed by atoms with Crippen molar-refractivity contribution in [3.8, 4) is 11.5 Å². The van der Waals surface area contributed by atoms with Gasteiger partial charge in [0, 0.05) is 11.2 Å². The van der Waals surface area contributed by atoms with Crippen LogP contribution in [0.25, 0.3) is 0 Å². The number of aliphatic imine (C=N–C) groups is 1. The number of ether oxygens (including phenoxy) is 2. The molecule has 3 aromatic rings. The van der Waals surface area contributed by atoms with Crippen molar-refractivity contribution in [3.05, 3.63) is 87.4 Å². The van der Waals surface area contributed by atoms with Crippen LogP contribution in [0.3, 0.4) is 0 Å². The smallest absolute Gasteiger partial charge is 0.175 e. The number of methoxy groups -OCH3 is 1. The number of hydrogen-bond donors (Lipinski definition) is 0. The third kappa shape index (κ3) is 4.87. The molecule has 0 bridgehead atoms. The van der Waals surface area contributed by atoms with Crippen LogP contribution in [-0.2, 0) is 6.61 Å². The normalized spacial score (nSPS) is 10.9. The molecule has 0 aliphatic heterocycles. The van der Waals surface area contributed by atoms with Gasteiger partial charge in [0.1, 0.15) is 6.61 Å². The van der Waals surface area contributed by atoms with Crippen LogP contribution in [0.5, 0.6) is 11.5 Å². The third-order valence-corrected chi connectivity index (χ3v) is 4.47. The summed E-state index contributed by atoms with van der Waals surface area (Å²) in [5.41, 5.74) is 2.79. The molecule has 0 atom stereocenters. The lowest BCUT2D eigenvalue weighted by Crippen LogP contribution is -1.99. The standard InChI is InChI=1S/C21H17BrClNO2/c1-25-20-12-16(13-24-18-8-3-2-4-9-18)11-19(22)21(20)26-14-15-6-5-7-17(23)10-15/h2-13H,14H2,1H3. The zero-order valence-corrected chi connectivity index (χ0v) is 16.5. The van der Waals surface area contributed by atoms with Crippen molar-refractivity contribution in [1.82, 2.24) is 0 Å². The van der Waals surface area contributed by atoms with Gasteiger partial charge in [-0.1, -0.05) is 41.9 Å². The van der Waals surface area contributed by atoms with Gasteiger partial charge in [-0.05, 0) is 63.5 Å². The van der Waals surface area contributed by atoms with Crippen LogP contribution in [0.4, 0.5) is 5.69 Å². The van der Waals surface area contributed by atoms with E-state index in [4.69, 9.17) is 21.1 Å². The van der Waals surface area contributed by atoms with Crippen molar-refractivity contribution in [2.45, 2.75) is 6.61 Å². The molecule has 0 unspecified atom stereocenters. The van der Waals surface area contributed by atoms with Crippen molar-refractivity contribution < 1.29 is 9.47 Å². The van der Waals surface area contributed by atoms with Crippen molar-refractivity contribution in [1.29, 1.82) is 0 Å². The predicted octanol–water partition coefficient (Wildman–Crippen LogP) is 6.44. The maximum atomic E-state index is 6.02. The van der Waals surface area contributed by atoms with Crippen molar-refractivity contribution in [2.75, 3.05) is 7.11 Å². The Morgan fingerprint density at radius 1 is 1.04 bits per heavy atom. The number of benzene rings is 3. The Hall–Kier alpha value is -2.30. The minimum absolute atomic E-state index is 0.396. The third-order valence-electron chi connectivity index (χ3n) is 3.64. The largest absolute Gasteiger partial charge is 0.493 e. The molecule has 0 aliphatic rings. The van der Waals surface area contributed by atoms with Crippen LogP contribution >= 0.6 is 27.5 Å². The summed E-state index contributed by atoms with van der Waals surface area (Å²) in [5, 5.41) is 0.685. The second kappa shape index (κ2) is 8.88. The van der Waals surface area contributed by atoms with E-state index >= 15 is 0 Å². The van der Waals surface area contributed by atoms with Gasteiger partial charge < -0.3 is 9.47 Å². The van der Waals surface area contributed by atoms with Crippen molar-refractivity contribution >= 4 is 39.4 Å². The first kappa shape index (κ1) is 18.5. The van der Waals surface area contributed by atoms with Crippen LogP contribution in [0.15, 0.2) is 76.2 Å². The average molecular weight is 431 g/mol. The van der Waals surface area contributed by atoms with E-state index in [9.17, 15) is 0 Å². The number of halogens is 2. The van der Waals surface area contributed by atoms with Gasteiger partial charge in [-0.2, -0.15) is 0 Å². The first-order chi connectivity index (χ1) is 12.7. The van der Waals surface area contributed by atoms with E-state index in [0.29, 0.717) is 23.1 Å². The lowest BCUT2D eigenvalue weighted by Gasteiger charge is -2.13. The Morgan fingerprint density at radius 2 is 1.85 bits per heavy atom. The van der Waals surface area contributed by atoms with Gasteiger partial charge >= 0.3 is 0 Å². The summed E-state index contributed by atoms with van der Waals surface area (Å²) >= 11 is 9.58. The quantitative estimate of drug-likeness (QED) is 0.421. The van der Waals surface area contributed by atoms with Crippen molar-refractivity contribution in [2.24, 2.45) is 4.99 Å². The molecule has 5 heteroatoms. The summed E-state index contributed by atoms with van der Waals surface area (Å²) in [7, 11) is 1.62. The molecule has 3 nitrogen and oxygen atoms in total. The molecule has 0 N–H and O–H groups in total. The van der Waals surface area contributed by atoms with Crippen LogP contribution in [0.2, 0.25) is 5.02 Å². The fourth-order valence-corrected chi connectivity index (χ4v) is 3.19. The van der Waals surface area contributed by atoms with Gasteiger partial charge in [0.2, 0.25) is 0 Å². The molecule has 26 heavy (non-hydrogen) atoms. The van der Waals surface area contributed by atoms with Crippen LogP contribution in [-0.4, -0.2) is 13.3 Å². The SMILES string of the molecule is COc1cc(C=Nc2ccccc2)cc(Br)c1OCc1cccc(Cl)c1. The first-order valence-electron chi connectivity index (χ1n) is 7.99. The van der Waals surface area contributed by atoms with E-state index in [2.05, 4.69) is 20.9 Å². The van der Waals surface area contributed by atoms with Gasteiger partial charge in [-0.15, -0.1) is 0 Å². The highest BCUT2D eigenvalue weighted by Crippen LogP contribution is 2.37. The summed E-state index contributed by atoms with van der Waals surface area (Å²) in [4.78, 5) is 4.47. The zero-order valence-electron chi connectivity index (χ0n) is 14.2. The molecule has 0 saturated carbocycles. The van der Waals surface area contributed by atoms with Crippen LogP contribution in [0, 0.1) is 0 Å². The highest BCUT2D eigenvalue weighted by Gasteiger charge is 2.11. The molecule has 0 radical (unpaired) electrons. The molecule has 3 aromatic carbocycles. The van der Waals surface area contributed by atoms with Crippen LogP contribution < -0.4 is 9.47 Å². The summed E-state index contributed by atoms with van der Waals surface area (Å²) in [5.74, 6) is 1.28. The topological polar surface area (TPSA) is 30.8 Å². The van der Waals surface area contributed by atoms with E-state index in [-0.39, 0.29) is 0 Å². The fourth-order valence-electron chi connectivity index (χ4n) is 2.40. The summed E-state index contributed by atoms with van der Waals surface area (Å²) in [6.07, 6.45) is 1.80. The Labute approximate surface area is 166 Å². The van der Waals surface area contributed by atoms with Gasteiger partial charge in [0.15, 0.2) is 11.5 Å². The molecule has 0 heterocycles. The summed E-state index contributed by atoms with van der Waals surface area (Å²) < 4.78 is 12.2. The van der Waals surface area contributed by atoms with E-state index in [1.54, 1.807) is 13.3 Å². The molecular weight excluding hydrogens is 414 g/mol. The Balaban J connectivity index is 1.79. The average Bonchev–Trinajstić information content (AvgIpc) is 2.66. The van der Waals surface area contributed by atoms with Gasteiger partial charge in [0.25, 0.3) is 0 Å². The lowest BCUT2D eigenvalue weighted by atomic mass is 10.2. The Morgan fingerprint density at radius 3 is 2.58 bits per heavy atom. The molecular formula is C21H17BrClNO2. The van der Waals surface area contributed by atoms with Crippen LogP contribution in [0.1, 0.15) is 11.1 Å². The van der Waals surface area contributed by atoms with Gasteiger partial charge in [-0.25, -0.2) is 0 Å². The summed E-state index contributed by atoms with van der Waals surface area (Å²) in [6.45, 7) is 0.396. The Kier molecular flexibility index (Phi) is 6.31.